The first kappa shape index (κ1) is 20.5. The second-order valence-corrected chi connectivity index (χ2v) is 7.94. The molecule has 156 valence electrons. The van der Waals surface area contributed by atoms with Crippen LogP contribution in [0.15, 0.2) is 78.9 Å². The molecule has 4 amide bonds. The molecule has 0 bridgehead atoms. The molecule has 0 aromatic heterocycles. The van der Waals surface area contributed by atoms with E-state index in [9.17, 15) is 14.4 Å². The molecule has 0 N–H and O–H groups in total. The van der Waals surface area contributed by atoms with E-state index in [1.54, 1.807) is 24.3 Å². The molecule has 3 aromatic rings. The van der Waals surface area contributed by atoms with Crippen LogP contribution < -0.4 is 4.90 Å². The van der Waals surface area contributed by atoms with E-state index >= 15 is 0 Å². The summed E-state index contributed by atoms with van der Waals surface area (Å²) in [4.78, 5) is 42.2. The number of nitrogens with zero attached hydrogens (tertiary/aromatic N) is 2. The fourth-order valence-corrected chi connectivity index (χ4v) is 3.73. The molecule has 1 aliphatic heterocycles. The number of para-hydroxylation sites is 1. The zero-order chi connectivity index (χ0) is 22.0. The zero-order valence-corrected chi connectivity index (χ0v) is 17.6. The van der Waals surface area contributed by atoms with Crippen molar-refractivity contribution < 1.29 is 14.4 Å². The van der Waals surface area contributed by atoms with E-state index in [4.69, 9.17) is 0 Å². The molecule has 0 saturated carbocycles. The molecule has 1 fully saturated rings. The molecule has 3 aromatic carbocycles. The number of carbonyl (C=O) groups is 3. The van der Waals surface area contributed by atoms with Crippen molar-refractivity contribution in [1.82, 2.24) is 4.90 Å². The molecule has 1 atom stereocenters. The van der Waals surface area contributed by atoms with Crippen molar-refractivity contribution in [3.05, 3.63) is 101 Å². The normalized spacial score (nSPS) is 16.7. The summed E-state index contributed by atoms with van der Waals surface area (Å²) in [6, 6.07) is 23.6. The fraction of sp³-hybridized carbons (Fsp3) is 0.192. The maximum Gasteiger partial charge on any atom is 0.338 e. The summed E-state index contributed by atoms with van der Waals surface area (Å²) in [6.07, 6.45) is 0.249. The highest BCUT2D eigenvalue weighted by atomic mass is 16.2. The molecule has 1 aliphatic rings. The van der Waals surface area contributed by atoms with Crippen LogP contribution in [-0.2, 0) is 22.6 Å². The third-order valence-corrected chi connectivity index (χ3v) is 5.54. The van der Waals surface area contributed by atoms with Gasteiger partial charge in [0.1, 0.15) is 5.92 Å². The minimum absolute atomic E-state index is 0.124. The minimum atomic E-state index is -0.953. The lowest BCUT2D eigenvalue weighted by Crippen LogP contribution is -2.60. The Bertz CT molecular complexity index is 1040. The summed E-state index contributed by atoms with van der Waals surface area (Å²) < 4.78 is 0. The molecule has 31 heavy (non-hydrogen) atoms. The zero-order valence-electron chi connectivity index (χ0n) is 17.6. The minimum Gasteiger partial charge on any atom is -0.273 e. The first-order valence-corrected chi connectivity index (χ1v) is 10.3. The van der Waals surface area contributed by atoms with E-state index in [0.717, 1.165) is 27.2 Å². The number of hydrogen-bond donors (Lipinski definition) is 0. The quantitative estimate of drug-likeness (QED) is 0.573. The Labute approximate surface area is 181 Å². The van der Waals surface area contributed by atoms with Crippen LogP contribution in [0.2, 0.25) is 0 Å². The third kappa shape index (κ3) is 4.26. The molecule has 0 spiro atoms. The van der Waals surface area contributed by atoms with Crippen LogP contribution in [-0.4, -0.2) is 22.7 Å². The number of hydrogen-bond acceptors (Lipinski definition) is 3. The molecular weight excluding hydrogens is 388 g/mol. The van der Waals surface area contributed by atoms with Crippen molar-refractivity contribution in [3.8, 4) is 0 Å². The lowest BCUT2D eigenvalue weighted by molar-refractivity contribution is -0.141. The lowest BCUT2D eigenvalue weighted by Gasteiger charge is -2.37. The maximum atomic E-state index is 13.3. The summed E-state index contributed by atoms with van der Waals surface area (Å²) in [5.74, 6) is -1.89. The Morgan fingerprint density at radius 1 is 0.677 bits per heavy atom. The van der Waals surface area contributed by atoms with Crippen LogP contribution >= 0.6 is 0 Å². The Kier molecular flexibility index (Phi) is 5.67. The van der Waals surface area contributed by atoms with E-state index in [2.05, 4.69) is 0 Å². The van der Waals surface area contributed by atoms with Gasteiger partial charge in [-0.05, 0) is 43.5 Å². The van der Waals surface area contributed by atoms with E-state index in [1.165, 1.54) is 4.90 Å². The number of benzene rings is 3. The van der Waals surface area contributed by atoms with Gasteiger partial charge in [0.05, 0.1) is 12.2 Å². The molecule has 5 nitrogen and oxygen atoms in total. The average molecular weight is 412 g/mol. The SMILES string of the molecule is Cc1ccc(CC2C(=O)N(Cc3ccc(C)cc3)C(=O)N(c3ccccc3)C2=O)cc1. The van der Waals surface area contributed by atoms with Gasteiger partial charge in [0.25, 0.3) is 0 Å². The van der Waals surface area contributed by atoms with Crippen molar-refractivity contribution in [2.75, 3.05) is 4.90 Å². The molecule has 5 heteroatoms. The number of anilines is 1. The molecule has 1 heterocycles. The molecule has 0 radical (unpaired) electrons. The van der Waals surface area contributed by atoms with Crippen LogP contribution in [0.25, 0.3) is 0 Å². The highest BCUT2D eigenvalue weighted by Crippen LogP contribution is 2.28. The lowest BCUT2D eigenvalue weighted by atomic mass is 9.93. The summed E-state index contributed by atoms with van der Waals surface area (Å²) in [6.45, 7) is 4.09. The van der Waals surface area contributed by atoms with Gasteiger partial charge in [-0.3, -0.25) is 14.5 Å². The molecule has 1 unspecified atom stereocenters. The second-order valence-electron chi connectivity index (χ2n) is 7.94. The number of carbonyl (C=O) groups excluding carboxylic acids is 3. The van der Waals surface area contributed by atoms with Gasteiger partial charge in [0.2, 0.25) is 11.8 Å². The van der Waals surface area contributed by atoms with Crippen molar-refractivity contribution in [2.24, 2.45) is 5.92 Å². The van der Waals surface area contributed by atoms with E-state index < -0.39 is 23.8 Å². The number of imide groups is 2. The number of rotatable bonds is 5. The predicted molar refractivity (Wildman–Crippen MR) is 119 cm³/mol. The van der Waals surface area contributed by atoms with Crippen LogP contribution in [0.4, 0.5) is 10.5 Å². The van der Waals surface area contributed by atoms with E-state index in [0.29, 0.717) is 5.69 Å². The van der Waals surface area contributed by atoms with Gasteiger partial charge in [0, 0.05) is 0 Å². The summed E-state index contributed by atoms with van der Waals surface area (Å²) >= 11 is 0. The second kappa shape index (κ2) is 8.56. The van der Waals surface area contributed by atoms with Crippen molar-refractivity contribution in [1.29, 1.82) is 0 Å². The Morgan fingerprint density at radius 2 is 1.23 bits per heavy atom. The largest absolute Gasteiger partial charge is 0.338 e. The highest BCUT2D eigenvalue weighted by molar-refractivity contribution is 6.27. The molecule has 4 rings (SSSR count). The van der Waals surface area contributed by atoms with Crippen LogP contribution in [0.1, 0.15) is 22.3 Å². The third-order valence-electron chi connectivity index (χ3n) is 5.54. The number of urea groups is 1. The number of aryl methyl sites for hydroxylation is 2. The monoisotopic (exact) mass is 412 g/mol. The first-order valence-electron chi connectivity index (χ1n) is 10.3. The Balaban J connectivity index is 1.70. The topological polar surface area (TPSA) is 57.7 Å². The van der Waals surface area contributed by atoms with E-state index in [-0.39, 0.29) is 13.0 Å². The van der Waals surface area contributed by atoms with Crippen LogP contribution in [0, 0.1) is 19.8 Å². The van der Waals surface area contributed by atoms with Crippen molar-refractivity contribution in [3.63, 3.8) is 0 Å². The predicted octanol–water partition coefficient (Wildman–Crippen LogP) is 4.66. The van der Waals surface area contributed by atoms with Gasteiger partial charge in [-0.25, -0.2) is 9.69 Å². The van der Waals surface area contributed by atoms with Crippen molar-refractivity contribution >= 4 is 23.5 Å². The highest BCUT2D eigenvalue weighted by Gasteiger charge is 2.46. The summed E-state index contributed by atoms with van der Waals surface area (Å²) in [7, 11) is 0. The van der Waals surface area contributed by atoms with Gasteiger partial charge in [-0.2, -0.15) is 0 Å². The summed E-state index contributed by atoms with van der Waals surface area (Å²) in [5.41, 5.74) is 4.39. The van der Waals surface area contributed by atoms with Crippen LogP contribution in [0.3, 0.4) is 0 Å². The van der Waals surface area contributed by atoms with Gasteiger partial charge >= 0.3 is 6.03 Å². The first-order chi connectivity index (χ1) is 14.9. The Morgan fingerprint density at radius 3 is 1.81 bits per heavy atom. The van der Waals surface area contributed by atoms with Gasteiger partial charge in [-0.15, -0.1) is 0 Å². The van der Waals surface area contributed by atoms with E-state index in [1.807, 2.05) is 68.4 Å². The van der Waals surface area contributed by atoms with Gasteiger partial charge < -0.3 is 0 Å². The maximum absolute atomic E-state index is 13.3. The van der Waals surface area contributed by atoms with Crippen LogP contribution in [0.5, 0.6) is 0 Å². The number of amides is 4. The smallest absolute Gasteiger partial charge is 0.273 e. The van der Waals surface area contributed by atoms with Gasteiger partial charge in [-0.1, -0.05) is 77.9 Å². The van der Waals surface area contributed by atoms with Crippen molar-refractivity contribution in [2.45, 2.75) is 26.8 Å². The fourth-order valence-electron chi connectivity index (χ4n) is 3.73. The average Bonchev–Trinajstić information content (AvgIpc) is 2.78. The Hall–Kier alpha value is -3.73. The van der Waals surface area contributed by atoms with Gasteiger partial charge in [0.15, 0.2) is 0 Å². The number of barbiturate groups is 1. The molecular formula is C26H24N2O3. The summed E-state index contributed by atoms with van der Waals surface area (Å²) in [5, 5.41) is 0. The molecule has 0 aliphatic carbocycles. The standard InChI is InChI=1S/C26H24N2O3/c1-18-8-12-20(13-9-18)16-23-24(29)27(17-21-14-10-19(2)11-15-21)26(31)28(25(23)30)22-6-4-3-5-7-22/h3-15,23H,16-17H2,1-2H3. The molecule has 1 saturated heterocycles.